The monoisotopic (exact) mass is 608 g/mol. The van der Waals surface area contributed by atoms with Gasteiger partial charge < -0.3 is 20.4 Å². The molecular weight excluding hydrogens is 568 g/mol. The number of carbonyl (C=O) groups is 1. The summed E-state index contributed by atoms with van der Waals surface area (Å²) in [4.78, 5) is 34.0. The first-order valence-electron chi connectivity index (χ1n) is 15.1. The molecule has 0 unspecified atom stereocenters. The standard InChI is InChI=1S/C29H40N10O3S/c1-20(2)33-25-16-27(31-18-24(25)29(40)38-10-7-22(8-11-38)37-14-12-36(3)13-15-37)34-26-6-9-30-28(35-26)21-17-32-39(19-21)43(41,42)23-4-5-23/h6,9,16-20,22-23H,4-5,7-8,10-15H2,1-3H3,(H2,30,31,33,34,35). The SMILES string of the molecule is CC(C)Nc1cc(Nc2ccnc(-c3cnn(S(=O)(=O)C4CC4)c3)n2)ncc1C(=O)N1CCC(N2CCN(C)CC2)CC1. The predicted octanol–water partition coefficient (Wildman–Crippen LogP) is 2.49. The van der Waals surface area contributed by atoms with Crippen molar-refractivity contribution in [2.45, 2.75) is 56.9 Å². The molecule has 2 N–H and O–H groups in total. The summed E-state index contributed by atoms with van der Waals surface area (Å²) < 4.78 is 26.1. The number of hydrogen-bond acceptors (Lipinski definition) is 11. The molecule has 0 radical (unpaired) electrons. The first kappa shape index (κ1) is 29.5. The number of pyridine rings is 1. The second kappa shape index (κ2) is 12.2. The van der Waals surface area contributed by atoms with Crippen LogP contribution in [0.2, 0.25) is 0 Å². The average Bonchev–Trinajstić information content (AvgIpc) is 3.74. The summed E-state index contributed by atoms with van der Waals surface area (Å²) in [7, 11) is -1.30. The second-order valence-corrected chi connectivity index (χ2v) is 14.1. The van der Waals surface area contributed by atoms with E-state index < -0.39 is 10.0 Å². The Kier molecular flexibility index (Phi) is 8.34. The summed E-state index contributed by atoms with van der Waals surface area (Å²) in [5.74, 6) is 1.33. The van der Waals surface area contributed by atoms with Crippen LogP contribution in [-0.4, -0.2) is 117 Å². The van der Waals surface area contributed by atoms with Crippen molar-refractivity contribution in [1.82, 2.24) is 38.8 Å². The maximum absolute atomic E-state index is 13.7. The molecule has 3 aromatic heterocycles. The van der Waals surface area contributed by atoms with Gasteiger partial charge in [0.25, 0.3) is 15.9 Å². The van der Waals surface area contributed by atoms with Crippen molar-refractivity contribution in [3.8, 4) is 11.4 Å². The molecule has 43 heavy (non-hydrogen) atoms. The summed E-state index contributed by atoms with van der Waals surface area (Å²) >= 11 is 0. The fourth-order valence-corrected chi connectivity index (χ4v) is 7.17. The molecule has 5 heterocycles. The molecular formula is C29H40N10O3S. The Balaban J connectivity index is 1.14. The summed E-state index contributed by atoms with van der Waals surface area (Å²) in [6.45, 7) is 9.92. The third kappa shape index (κ3) is 6.65. The first-order valence-corrected chi connectivity index (χ1v) is 16.6. The lowest BCUT2D eigenvalue weighted by Crippen LogP contribution is -2.53. The number of likely N-dealkylation sites (tertiary alicyclic amines) is 1. The number of piperidine rings is 1. The topological polar surface area (TPSA) is 141 Å². The van der Waals surface area contributed by atoms with E-state index in [0.717, 1.165) is 56.2 Å². The van der Waals surface area contributed by atoms with Gasteiger partial charge in [-0.05, 0) is 52.6 Å². The minimum atomic E-state index is -3.47. The van der Waals surface area contributed by atoms with Gasteiger partial charge >= 0.3 is 0 Å². The number of anilines is 3. The lowest BCUT2D eigenvalue weighted by atomic mass is 10.0. The van der Waals surface area contributed by atoms with Crippen molar-refractivity contribution in [2.75, 3.05) is 56.9 Å². The molecule has 230 valence electrons. The molecule has 3 aromatic rings. The molecule has 1 amide bonds. The maximum Gasteiger partial charge on any atom is 0.257 e. The van der Waals surface area contributed by atoms with Crippen molar-refractivity contribution >= 4 is 33.3 Å². The highest BCUT2D eigenvalue weighted by Gasteiger charge is 2.38. The molecule has 1 aliphatic carbocycles. The van der Waals surface area contributed by atoms with Gasteiger partial charge in [-0.3, -0.25) is 9.69 Å². The van der Waals surface area contributed by atoms with Crippen LogP contribution in [0.5, 0.6) is 0 Å². The Morgan fingerprint density at radius 3 is 2.42 bits per heavy atom. The number of carbonyl (C=O) groups excluding carboxylic acids is 1. The number of nitrogens with zero attached hydrogens (tertiary/aromatic N) is 8. The Morgan fingerprint density at radius 2 is 1.72 bits per heavy atom. The van der Waals surface area contributed by atoms with E-state index in [-0.39, 0.29) is 17.2 Å². The van der Waals surface area contributed by atoms with Crippen molar-refractivity contribution in [3.05, 3.63) is 42.5 Å². The molecule has 13 nitrogen and oxygen atoms in total. The highest BCUT2D eigenvalue weighted by molar-refractivity contribution is 7.90. The van der Waals surface area contributed by atoms with Crippen LogP contribution in [0.25, 0.3) is 11.4 Å². The van der Waals surface area contributed by atoms with Gasteiger partial charge in [0.2, 0.25) is 0 Å². The highest BCUT2D eigenvalue weighted by Crippen LogP contribution is 2.30. The molecule has 0 bridgehead atoms. The smallest absolute Gasteiger partial charge is 0.257 e. The van der Waals surface area contributed by atoms with Gasteiger partial charge in [0.1, 0.15) is 11.6 Å². The fraction of sp³-hybridized carbons (Fsp3) is 0.552. The first-order chi connectivity index (χ1) is 20.7. The van der Waals surface area contributed by atoms with Gasteiger partial charge in [0, 0.05) is 69.8 Å². The quantitative estimate of drug-likeness (QED) is 0.370. The van der Waals surface area contributed by atoms with E-state index in [4.69, 9.17) is 0 Å². The average molecular weight is 609 g/mol. The van der Waals surface area contributed by atoms with Gasteiger partial charge in [-0.25, -0.2) is 23.4 Å². The number of hydrogen-bond donors (Lipinski definition) is 2. The van der Waals surface area contributed by atoms with Gasteiger partial charge in [-0.15, -0.1) is 0 Å². The lowest BCUT2D eigenvalue weighted by molar-refractivity contribution is 0.0519. The molecule has 0 spiro atoms. The maximum atomic E-state index is 13.7. The van der Waals surface area contributed by atoms with Gasteiger partial charge in [-0.2, -0.15) is 9.19 Å². The minimum absolute atomic E-state index is 0.0125. The van der Waals surface area contributed by atoms with Crippen molar-refractivity contribution < 1.29 is 13.2 Å². The molecule has 14 heteroatoms. The van der Waals surface area contributed by atoms with Gasteiger partial charge in [-0.1, -0.05) is 0 Å². The van der Waals surface area contributed by atoms with E-state index in [1.165, 1.54) is 12.4 Å². The zero-order chi connectivity index (χ0) is 30.1. The third-order valence-electron chi connectivity index (χ3n) is 8.32. The second-order valence-electron chi connectivity index (χ2n) is 12.0. The summed E-state index contributed by atoms with van der Waals surface area (Å²) in [6.07, 6.45) is 9.40. The van der Waals surface area contributed by atoms with E-state index in [1.54, 1.807) is 18.5 Å². The minimum Gasteiger partial charge on any atom is -0.382 e. The van der Waals surface area contributed by atoms with Crippen LogP contribution in [0.4, 0.5) is 17.3 Å². The number of likely N-dealkylation sites (N-methyl/N-ethyl adjacent to an activating group) is 1. The van der Waals surface area contributed by atoms with Crippen LogP contribution < -0.4 is 10.6 Å². The van der Waals surface area contributed by atoms with Crippen LogP contribution in [0.15, 0.2) is 36.9 Å². The van der Waals surface area contributed by atoms with Crippen LogP contribution in [0, 0.1) is 0 Å². The predicted molar refractivity (Wildman–Crippen MR) is 165 cm³/mol. The molecule has 3 aliphatic rings. The summed E-state index contributed by atoms with van der Waals surface area (Å²) in [6, 6.07) is 4.17. The normalized spacial score (nSPS) is 19.1. The Morgan fingerprint density at radius 1 is 0.977 bits per heavy atom. The zero-order valence-corrected chi connectivity index (χ0v) is 25.8. The molecule has 1 saturated carbocycles. The van der Waals surface area contributed by atoms with E-state index in [2.05, 4.69) is 47.5 Å². The summed E-state index contributed by atoms with van der Waals surface area (Å²) in [5, 5.41) is 10.3. The lowest BCUT2D eigenvalue weighted by Gasteiger charge is -2.42. The molecule has 2 saturated heterocycles. The number of nitrogens with one attached hydrogen (secondary N) is 2. The molecule has 2 aliphatic heterocycles. The van der Waals surface area contributed by atoms with E-state index in [1.807, 2.05) is 24.8 Å². The van der Waals surface area contributed by atoms with Crippen molar-refractivity contribution in [3.63, 3.8) is 0 Å². The van der Waals surface area contributed by atoms with E-state index in [0.29, 0.717) is 53.2 Å². The molecule has 0 aromatic carbocycles. The molecule has 0 atom stereocenters. The van der Waals surface area contributed by atoms with E-state index in [9.17, 15) is 13.2 Å². The zero-order valence-electron chi connectivity index (χ0n) is 25.0. The third-order valence-corrected chi connectivity index (χ3v) is 10.4. The Hall–Kier alpha value is -3.62. The van der Waals surface area contributed by atoms with Gasteiger partial charge in [0.05, 0.1) is 34.5 Å². The van der Waals surface area contributed by atoms with Crippen LogP contribution in [-0.2, 0) is 10.0 Å². The largest absolute Gasteiger partial charge is 0.382 e. The van der Waals surface area contributed by atoms with Crippen molar-refractivity contribution in [1.29, 1.82) is 0 Å². The fourth-order valence-electron chi connectivity index (χ4n) is 5.69. The van der Waals surface area contributed by atoms with Crippen molar-refractivity contribution in [2.24, 2.45) is 0 Å². The van der Waals surface area contributed by atoms with Crippen LogP contribution in [0.3, 0.4) is 0 Å². The molecule has 3 fully saturated rings. The Bertz CT molecular complexity index is 1560. The highest BCUT2D eigenvalue weighted by atomic mass is 32.2. The number of amides is 1. The number of rotatable bonds is 9. The van der Waals surface area contributed by atoms with Gasteiger partial charge in [0.15, 0.2) is 5.82 Å². The number of aromatic nitrogens is 5. The van der Waals surface area contributed by atoms with Crippen LogP contribution in [0.1, 0.15) is 49.9 Å². The summed E-state index contributed by atoms with van der Waals surface area (Å²) in [5.41, 5.74) is 1.75. The van der Waals surface area contributed by atoms with Crippen LogP contribution >= 0.6 is 0 Å². The Labute approximate surface area is 252 Å². The molecule has 6 rings (SSSR count). The number of piperazine rings is 1. The van der Waals surface area contributed by atoms with E-state index >= 15 is 0 Å².